The molecule has 0 unspecified atom stereocenters. The molecule has 6 rings (SSSR count). The zero-order valence-corrected chi connectivity index (χ0v) is 38.2. The highest BCUT2D eigenvalue weighted by Gasteiger charge is 2.20. The number of terminal acetylenes is 1. The number of nitro groups is 2. The van der Waals surface area contributed by atoms with Crippen LogP contribution in [0.5, 0.6) is 11.5 Å². The third-order valence-corrected chi connectivity index (χ3v) is 8.60. The molecule has 4 heterocycles. The van der Waals surface area contributed by atoms with Gasteiger partial charge in [-0.05, 0) is 101 Å². The second-order valence-electron chi connectivity index (χ2n) is 13.2. The van der Waals surface area contributed by atoms with Gasteiger partial charge < -0.3 is 35.3 Å². The second-order valence-corrected chi connectivity index (χ2v) is 13.2. The van der Waals surface area contributed by atoms with Gasteiger partial charge in [-0.2, -0.15) is 5.53 Å². The lowest BCUT2D eigenvalue weighted by Crippen LogP contribution is -2.46. The maximum Gasteiger partial charge on any atom is 0.270 e. The average molecular weight is 1040 g/mol. The number of nitrogens with one attached hydrogen (secondary N) is 4. The van der Waals surface area contributed by atoms with Crippen molar-refractivity contribution in [3.63, 3.8) is 0 Å². The summed E-state index contributed by atoms with van der Waals surface area (Å²) in [7, 11) is 0. The number of aromatic amines is 2. The topological polar surface area (TPSA) is 380 Å². The number of aromatic nitrogens is 4. The Balaban J connectivity index is -0.000000172. The zero-order valence-electron chi connectivity index (χ0n) is 38.2. The minimum atomic E-state index is -0.633. The normalized spacial score (nSPS) is 11.4. The summed E-state index contributed by atoms with van der Waals surface area (Å²) in [6.45, 7) is 8.65. The Morgan fingerprint density at radius 1 is 0.760 bits per heavy atom. The van der Waals surface area contributed by atoms with Crippen LogP contribution in [0.3, 0.4) is 0 Å². The van der Waals surface area contributed by atoms with Crippen molar-refractivity contribution in [1.29, 1.82) is 5.53 Å². The van der Waals surface area contributed by atoms with Gasteiger partial charge in [-0.15, -0.1) is 6.42 Å². The molecule has 4 aromatic rings. The summed E-state index contributed by atoms with van der Waals surface area (Å²) in [5, 5.41) is 65.8. The van der Waals surface area contributed by atoms with Crippen molar-refractivity contribution in [2.75, 3.05) is 62.2 Å². The number of anilines is 2. The molecule has 8 N–H and O–H groups in total. The maximum atomic E-state index is 11.3. The van der Waals surface area contributed by atoms with Crippen molar-refractivity contribution in [2.45, 2.75) is 28.3 Å². The monoisotopic (exact) mass is 1040 g/mol. The number of benzene rings is 2. The molecule has 0 spiro atoms. The molecule has 2 aromatic carbocycles. The fourth-order valence-electron chi connectivity index (χ4n) is 5.37. The van der Waals surface area contributed by atoms with Gasteiger partial charge in [0.25, 0.3) is 22.5 Å². The number of carbonyl (C=O) groups is 1. The Kier molecular flexibility index (Phi) is 33.0. The Bertz CT molecular complexity index is 3120. The molecule has 0 bridgehead atoms. The lowest BCUT2D eigenvalue weighted by Gasteiger charge is -2.35. The minimum absolute atomic E-state index is 0. The standard InChI is InChI=1S/C15H17N5O4.C15H4.C8H12N4O.C7H5NO4.2CH4.H3N5O4.6H2/c21-13-2-1-12(20(23)24)7-11(13)9-18-3-5-19(6-4-18)14-8-15(22)17-10-16-14;1-3-5-7-9-11-13-15-14-12-10-8-6-4-2;13-8-5-7(10-6-11-8)12-3-1-9-2-4-12;9-4-5-3-6(8(11)12)1-2-7(5)10;;;1-2-3-4-5(8-6)9-7;;;;;;/h1-2,7-8,10,21H,3-6,9H2,(H,16,17,22);1H,2H3;5-6,9H,1-4H2,(H,10,11,13);1-4,10H;2*1H4;1,6-7H;6*1H/b;;;;;;2-1?,4-3+;;;;;;. The number of hydrogen-bond acceptors (Lipinski definition) is 21. The van der Waals surface area contributed by atoms with E-state index in [9.17, 15) is 39.7 Å². The summed E-state index contributed by atoms with van der Waals surface area (Å²) < 4.78 is 0. The molecule has 2 fully saturated rings. The highest BCUT2D eigenvalue weighted by Crippen LogP contribution is 2.25. The van der Waals surface area contributed by atoms with Gasteiger partial charge in [0.15, 0.2) is 6.29 Å². The number of non-ortho nitro benzene ring substituents is 2. The molecule has 28 heteroatoms. The number of phenols is 2. The maximum absolute atomic E-state index is 11.3. The summed E-state index contributed by atoms with van der Waals surface area (Å²) in [5.41, 5.74) is 5.93. The van der Waals surface area contributed by atoms with Crippen molar-refractivity contribution in [3.8, 4) is 94.9 Å². The van der Waals surface area contributed by atoms with Crippen molar-refractivity contribution in [3.05, 3.63) is 113 Å². The molecule has 0 saturated carbocycles. The Morgan fingerprint density at radius 3 is 1.67 bits per heavy atom. The van der Waals surface area contributed by atoms with Crippen LogP contribution in [0.15, 0.2) is 86.4 Å². The largest absolute Gasteiger partial charge is 0.508 e. The smallest absolute Gasteiger partial charge is 0.270 e. The Hall–Kier alpha value is -10.5. The fourth-order valence-corrected chi connectivity index (χ4v) is 5.37. The number of aldehydes is 1. The lowest BCUT2D eigenvalue weighted by molar-refractivity contribution is -0.587. The average Bonchev–Trinajstić information content (AvgIpc) is 3.40. The molecule has 0 radical (unpaired) electrons. The highest BCUT2D eigenvalue weighted by molar-refractivity contribution is 5.80. The van der Waals surface area contributed by atoms with E-state index in [-0.39, 0.29) is 68.3 Å². The van der Waals surface area contributed by atoms with Gasteiger partial charge in [0.1, 0.15) is 23.1 Å². The number of H-pyrrole nitrogens is 2. The number of nitro benzene ring substituents is 2. The molecule has 2 aliphatic heterocycles. The molecule has 402 valence electrons. The number of aromatic hydroxyl groups is 2. The third-order valence-electron chi connectivity index (χ3n) is 8.60. The summed E-state index contributed by atoms with van der Waals surface area (Å²) in [6.07, 6.45) is 8.06. The minimum Gasteiger partial charge on any atom is -0.508 e. The molecule has 2 aliphatic rings. The fraction of sp³-hybridized carbons (Fsp3) is 0.255. The number of rotatable bonds is 11. The third kappa shape index (κ3) is 26.4. The van der Waals surface area contributed by atoms with E-state index < -0.39 is 9.85 Å². The van der Waals surface area contributed by atoms with Crippen LogP contribution in [-0.4, -0.2) is 119 Å². The number of nitrogens with zero attached hydrogens (tertiary/aromatic N) is 11. The second kappa shape index (κ2) is 38.3. The van der Waals surface area contributed by atoms with E-state index in [1.54, 1.807) is 6.92 Å². The van der Waals surface area contributed by atoms with Gasteiger partial charge in [0.05, 0.1) is 33.4 Å². The Morgan fingerprint density at radius 2 is 1.23 bits per heavy atom. The van der Waals surface area contributed by atoms with Crippen LogP contribution in [-0.2, 0) is 16.5 Å². The predicted octanol–water partition coefficient (Wildman–Crippen LogP) is 4.82. The first-order valence-corrected chi connectivity index (χ1v) is 20.3. The molecular weight excluding hydrogens is 983 g/mol. The van der Waals surface area contributed by atoms with Gasteiger partial charge in [-0.1, -0.05) is 30.8 Å². The van der Waals surface area contributed by atoms with E-state index in [4.69, 9.17) is 27.6 Å². The predicted molar refractivity (Wildman–Crippen MR) is 284 cm³/mol. The molecule has 2 aromatic heterocycles. The molecule has 28 nitrogen and oxygen atoms in total. The number of piperazine rings is 2. The molecular formula is C47H61N15O13. The van der Waals surface area contributed by atoms with Crippen LogP contribution in [0.2, 0.25) is 0 Å². The van der Waals surface area contributed by atoms with Gasteiger partial charge in [0.2, 0.25) is 0 Å². The number of hydrogen-bond donors (Lipinski definition) is 8. The molecule has 0 aliphatic carbocycles. The quantitative estimate of drug-likeness (QED) is 0.0249. The van der Waals surface area contributed by atoms with Gasteiger partial charge in [-0.3, -0.25) is 39.5 Å². The van der Waals surface area contributed by atoms with Crippen LogP contribution in [0, 0.1) is 109 Å². The first kappa shape index (κ1) is 64.5. The van der Waals surface area contributed by atoms with Crippen molar-refractivity contribution >= 4 is 29.3 Å². The first-order chi connectivity index (χ1) is 35.3. The molecule has 0 atom stereocenters. The van der Waals surface area contributed by atoms with Crippen LogP contribution >= 0.6 is 0 Å². The highest BCUT2D eigenvalue weighted by atomic mass is 17.4. The number of carbonyl (C=O) groups excluding carboxylic acids is 1. The Labute approximate surface area is 437 Å². The first-order valence-electron chi connectivity index (χ1n) is 20.3. The summed E-state index contributed by atoms with van der Waals surface area (Å²) in [5.74, 6) is 33.1. The van der Waals surface area contributed by atoms with Crippen LogP contribution in [0.1, 0.15) is 46.3 Å². The SMILES string of the molecule is C.C.C#CC#CC#CC#CC#CC#CC#CC.N=N/N=N/N(OO)OO.O=Cc1cc([N+](=O)[O-])ccc1O.O=c1cc(N2CCN(Cc3cc([N+](=O)[O-])ccc3O)CC2)nc[nH]1.O=c1cc(N2CCNCC2)nc[nH]1.[HH].[HH].[HH].[HH].[HH].[HH]. The summed E-state index contributed by atoms with van der Waals surface area (Å²) in [4.78, 5) is 78.3. The van der Waals surface area contributed by atoms with Gasteiger partial charge >= 0.3 is 0 Å². The van der Waals surface area contributed by atoms with Crippen molar-refractivity contribution in [2.24, 2.45) is 15.7 Å². The van der Waals surface area contributed by atoms with E-state index in [2.05, 4.69) is 138 Å². The van der Waals surface area contributed by atoms with Gasteiger partial charge in [0, 0.05) is 115 Å². The van der Waals surface area contributed by atoms with E-state index >= 15 is 0 Å². The molecule has 0 amide bonds. The zero-order chi connectivity index (χ0) is 53.6. The lowest BCUT2D eigenvalue weighted by atomic mass is 10.1. The van der Waals surface area contributed by atoms with Crippen molar-refractivity contribution < 1.29 is 53.9 Å². The van der Waals surface area contributed by atoms with Crippen LogP contribution in [0.4, 0.5) is 23.0 Å². The molecule has 2 saturated heterocycles. The number of phenolic OH excluding ortho intramolecular Hbond substituents is 2. The van der Waals surface area contributed by atoms with Crippen LogP contribution in [0.25, 0.3) is 0 Å². The van der Waals surface area contributed by atoms with E-state index in [0.717, 1.165) is 50.2 Å². The van der Waals surface area contributed by atoms with E-state index in [0.29, 0.717) is 50.4 Å². The molecule has 75 heavy (non-hydrogen) atoms. The van der Waals surface area contributed by atoms with Crippen molar-refractivity contribution in [1.82, 2.24) is 35.5 Å². The van der Waals surface area contributed by atoms with E-state index in [1.165, 1.54) is 43.0 Å². The van der Waals surface area contributed by atoms with Gasteiger partial charge in [-0.25, -0.2) is 20.5 Å². The summed E-state index contributed by atoms with van der Waals surface area (Å²) in [6, 6.07) is 10.3. The van der Waals surface area contributed by atoms with Crippen LogP contribution < -0.4 is 26.2 Å². The van der Waals surface area contributed by atoms with E-state index in [1.807, 2.05) is 4.90 Å². The summed E-state index contributed by atoms with van der Waals surface area (Å²) >= 11 is 0.